The number of nitrogens with two attached hydrogens (primary N) is 1. The van der Waals surface area contributed by atoms with E-state index < -0.39 is 10.0 Å². The summed E-state index contributed by atoms with van der Waals surface area (Å²) in [5.74, 6) is 0.395. The lowest BCUT2D eigenvalue weighted by atomic mass is 10.1. The second kappa shape index (κ2) is 8.23. The molecule has 3 N–H and O–H groups in total. The molecule has 1 aliphatic rings. The Hall–Kier alpha value is -3.27. The van der Waals surface area contributed by atoms with Crippen molar-refractivity contribution in [1.29, 1.82) is 0 Å². The van der Waals surface area contributed by atoms with E-state index in [1.165, 1.54) is 29.7 Å². The number of nitrogens with one attached hydrogen (secondary N) is 1. The van der Waals surface area contributed by atoms with Crippen LogP contribution in [0.5, 0.6) is 5.75 Å². The number of hydrogen-bond donors (Lipinski definition) is 2. The van der Waals surface area contributed by atoms with Gasteiger partial charge in [-0.15, -0.1) is 11.3 Å². The van der Waals surface area contributed by atoms with Gasteiger partial charge in [-0.25, -0.2) is 18.5 Å². The standard InChI is InChI=1S/C21H17N3O4S2/c22-30(26,27)18-7-5-14(6-8-18)11-17-13-23-21(29-17)24-20(25)16-9-10-28-19-4-2-1-3-15(19)12-16/h1-10,12-13H,11H2,(H2,22,26,27)(H,23,24,25). The Morgan fingerprint density at radius 1 is 1.13 bits per heavy atom. The van der Waals surface area contributed by atoms with E-state index in [4.69, 9.17) is 9.88 Å². The maximum absolute atomic E-state index is 12.6. The number of amides is 1. The van der Waals surface area contributed by atoms with E-state index in [-0.39, 0.29) is 10.8 Å². The number of nitrogens with zero attached hydrogens (tertiary/aromatic N) is 1. The minimum Gasteiger partial charge on any atom is -0.464 e. The van der Waals surface area contributed by atoms with Crippen LogP contribution in [0.3, 0.4) is 0 Å². The summed E-state index contributed by atoms with van der Waals surface area (Å²) in [6, 6.07) is 13.8. The largest absolute Gasteiger partial charge is 0.464 e. The Morgan fingerprint density at radius 3 is 2.67 bits per heavy atom. The second-order valence-electron chi connectivity index (χ2n) is 6.51. The Kier molecular flexibility index (Phi) is 5.49. The van der Waals surface area contributed by atoms with Gasteiger partial charge in [0.1, 0.15) is 5.75 Å². The number of ether oxygens (including phenoxy) is 1. The van der Waals surface area contributed by atoms with Gasteiger partial charge < -0.3 is 4.74 Å². The molecule has 3 aromatic rings. The summed E-state index contributed by atoms with van der Waals surface area (Å²) in [4.78, 5) is 17.9. The van der Waals surface area contributed by atoms with E-state index in [9.17, 15) is 13.2 Å². The van der Waals surface area contributed by atoms with Gasteiger partial charge in [0, 0.05) is 28.6 Å². The van der Waals surface area contributed by atoms with Gasteiger partial charge in [0.25, 0.3) is 5.91 Å². The number of fused-ring (bicyclic) bond motifs is 1. The van der Waals surface area contributed by atoms with Crippen molar-refractivity contribution < 1.29 is 17.9 Å². The lowest BCUT2D eigenvalue weighted by molar-refractivity contribution is -0.112. The number of carbonyl (C=O) groups is 1. The van der Waals surface area contributed by atoms with Crippen LogP contribution in [-0.4, -0.2) is 19.3 Å². The molecule has 152 valence electrons. The van der Waals surface area contributed by atoms with Gasteiger partial charge >= 0.3 is 0 Å². The first kappa shape index (κ1) is 20.0. The molecule has 7 nitrogen and oxygen atoms in total. The van der Waals surface area contributed by atoms with Gasteiger partial charge in [-0.3, -0.25) is 10.1 Å². The molecule has 4 rings (SSSR count). The van der Waals surface area contributed by atoms with Gasteiger partial charge in [-0.1, -0.05) is 30.3 Å². The van der Waals surface area contributed by atoms with Crippen LogP contribution in [0.4, 0.5) is 5.13 Å². The van der Waals surface area contributed by atoms with Crippen molar-refractivity contribution in [3.63, 3.8) is 0 Å². The van der Waals surface area contributed by atoms with Crippen LogP contribution in [0, 0.1) is 0 Å². The topological polar surface area (TPSA) is 111 Å². The zero-order chi connectivity index (χ0) is 21.1. The normalized spacial score (nSPS) is 13.0. The summed E-state index contributed by atoms with van der Waals surface area (Å²) < 4.78 is 28.2. The first-order valence-electron chi connectivity index (χ1n) is 8.90. The first-order chi connectivity index (χ1) is 14.4. The number of sulfonamides is 1. The Labute approximate surface area is 177 Å². The highest BCUT2D eigenvalue weighted by Gasteiger charge is 2.14. The summed E-state index contributed by atoms with van der Waals surface area (Å²) >= 11 is 1.35. The van der Waals surface area contributed by atoms with Crippen LogP contribution in [0.25, 0.3) is 6.08 Å². The van der Waals surface area contributed by atoms with Crippen LogP contribution in [0.15, 0.2) is 77.5 Å². The minimum atomic E-state index is -3.71. The number of benzene rings is 2. The van der Waals surface area contributed by atoms with E-state index in [2.05, 4.69) is 10.3 Å². The molecule has 1 aromatic heterocycles. The Morgan fingerprint density at radius 2 is 1.90 bits per heavy atom. The average molecular weight is 440 g/mol. The van der Waals surface area contributed by atoms with E-state index in [0.717, 1.165) is 16.0 Å². The summed E-state index contributed by atoms with van der Waals surface area (Å²) in [6.45, 7) is 0. The Balaban J connectivity index is 1.44. The van der Waals surface area contributed by atoms with Gasteiger partial charge in [0.15, 0.2) is 5.13 Å². The highest BCUT2D eigenvalue weighted by molar-refractivity contribution is 7.89. The molecule has 0 spiro atoms. The highest BCUT2D eigenvalue weighted by Crippen LogP contribution is 2.26. The maximum atomic E-state index is 12.6. The number of carbonyl (C=O) groups excluding carboxylic acids is 1. The van der Waals surface area contributed by atoms with Gasteiger partial charge in [-0.2, -0.15) is 0 Å². The number of anilines is 1. The molecule has 1 amide bonds. The van der Waals surface area contributed by atoms with Crippen molar-refractivity contribution in [2.45, 2.75) is 11.3 Å². The van der Waals surface area contributed by atoms with E-state index >= 15 is 0 Å². The van der Waals surface area contributed by atoms with Crippen molar-refractivity contribution in [3.05, 3.63) is 88.6 Å². The molecule has 0 bridgehead atoms. The molecule has 0 saturated heterocycles. The number of rotatable bonds is 5. The van der Waals surface area contributed by atoms with Gasteiger partial charge in [-0.05, 0) is 35.9 Å². The molecule has 0 radical (unpaired) electrons. The van der Waals surface area contributed by atoms with Crippen LogP contribution < -0.4 is 15.2 Å². The minimum absolute atomic E-state index is 0.0683. The molecule has 0 saturated carbocycles. The van der Waals surface area contributed by atoms with Gasteiger partial charge in [0.2, 0.25) is 10.0 Å². The molecule has 9 heteroatoms. The summed E-state index contributed by atoms with van der Waals surface area (Å²) in [5, 5.41) is 8.39. The third kappa shape index (κ3) is 4.65. The molecule has 2 aromatic carbocycles. The third-order valence-electron chi connectivity index (χ3n) is 4.34. The quantitative estimate of drug-likeness (QED) is 0.634. The van der Waals surface area contributed by atoms with Gasteiger partial charge in [0.05, 0.1) is 11.2 Å². The van der Waals surface area contributed by atoms with Crippen molar-refractivity contribution in [2.24, 2.45) is 5.14 Å². The SMILES string of the molecule is NS(=O)(=O)c1ccc(Cc2cnc(NC(=O)C3=Cc4ccccc4OC=C3)s2)cc1. The zero-order valence-electron chi connectivity index (χ0n) is 15.6. The first-order valence-corrected chi connectivity index (χ1v) is 11.3. The summed E-state index contributed by atoms with van der Waals surface area (Å²) in [7, 11) is -3.71. The maximum Gasteiger partial charge on any atom is 0.257 e. The van der Waals surface area contributed by atoms with Crippen molar-refractivity contribution in [3.8, 4) is 5.75 Å². The number of hydrogen-bond acceptors (Lipinski definition) is 6. The predicted molar refractivity (Wildman–Crippen MR) is 116 cm³/mol. The zero-order valence-corrected chi connectivity index (χ0v) is 17.2. The molecule has 2 heterocycles. The molecule has 30 heavy (non-hydrogen) atoms. The lowest BCUT2D eigenvalue weighted by Crippen LogP contribution is -2.12. The molecular formula is C21H17N3O4S2. The molecule has 0 unspecified atom stereocenters. The molecular weight excluding hydrogens is 422 g/mol. The molecule has 0 atom stereocenters. The average Bonchev–Trinajstić information content (AvgIpc) is 3.02. The van der Waals surface area contributed by atoms with E-state index in [0.29, 0.717) is 22.9 Å². The number of thiazole rings is 1. The second-order valence-corrected chi connectivity index (χ2v) is 9.19. The third-order valence-corrected chi connectivity index (χ3v) is 6.18. The predicted octanol–water partition coefficient (Wildman–Crippen LogP) is 3.31. The fourth-order valence-electron chi connectivity index (χ4n) is 2.86. The van der Waals surface area contributed by atoms with E-state index in [1.54, 1.807) is 30.5 Å². The number of primary sulfonamides is 1. The van der Waals surface area contributed by atoms with Crippen molar-refractivity contribution in [2.75, 3.05) is 5.32 Å². The van der Waals surface area contributed by atoms with Crippen molar-refractivity contribution in [1.82, 2.24) is 4.98 Å². The molecule has 0 fully saturated rings. The van der Waals surface area contributed by atoms with E-state index in [1.807, 2.05) is 24.3 Å². The number of para-hydroxylation sites is 1. The summed E-state index contributed by atoms with van der Waals surface area (Å²) in [6.07, 6.45) is 7.09. The monoisotopic (exact) mass is 439 g/mol. The van der Waals surface area contributed by atoms with Crippen LogP contribution >= 0.6 is 11.3 Å². The van der Waals surface area contributed by atoms with Crippen LogP contribution in [-0.2, 0) is 21.2 Å². The van der Waals surface area contributed by atoms with Crippen LogP contribution in [0.1, 0.15) is 16.0 Å². The summed E-state index contributed by atoms with van der Waals surface area (Å²) in [5.41, 5.74) is 2.18. The lowest BCUT2D eigenvalue weighted by Gasteiger charge is -2.03. The highest BCUT2D eigenvalue weighted by atomic mass is 32.2. The Bertz CT molecular complexity index is 1260. The smallest absolute Gasteiger partial charge is 0.257 e. The fraction of sp³-hybridized carbons (Fsp3) is 0.0476. The molecule has 1 aliphatic heterocycles. The number of aromatic nitrogens is 1. The fourth-order valence-corrected chi connectivity index (χ4v) is 4.22. The van der Waals surface area contributed by atoms with Crippen molar-refractivity contribution >= 4 is 38.5 Å². The van der Waals surface area contributed by atoms with Crippen LogP contribution in [0.2, 0.25) is 0 Å². The molecule has 0 aliphatic carbocycles.